The zero-order chi connectivity index (χ0) is 14.7. The molecule has 0 aromatic heterocycles. The number of halogens is 1. The Morgan fingerprint density at radius 1 is 1.05 bits per heavy atom. The van der Waals surface area contributed by atoms with Crippen LogP contribution in [0, 0.1) is 17.8 Å². The van der Waals surface area contributed by atoms with Gasteiger partial charge in [0.15, 0.2) is 0 Å². The maximum absolute atomic E-state index is 12.3. The van der Waals surface area contributed by atoms with E-state index in [1.807, 2.05) is 0 Å². The van der Waals surface area contributed by atoms with Crippen LogP contribution < -0.4 is 0 Å². The van der Waals surface area contributed by atoms with Crippen molar-refractivity contribution in [1.29, 1.82) is 0 Å². The summed E-state index contributed by atoms with van der Waals surface area (Å²) in [4.78, 5) is 0. The zero-order valence-electron chi connectivity index (χ0n) is 13.8. The van der Waals surface area contributed by atoms with Gasteiger partial charge in [0.05, 0.1) is 6.67 Å². The van der Waals surface area contributed by atoms with E-state index in [1.54, 1.807) is 0 Å². The Kier molecular flexibility index (Phi) is 11.3. The Bertz CT molecular complexity index is 232. The maximum Gasteiger partial charge on any atom is 0.0897 e. The summed E-state index contributed by atoms with van der Waals surface area (Å²) in [6.45, 7) is 11.1. The van der Waals surface area contributed by atoms with E-state index in [9.17, 15) is 4.39 Å². The van der Waals surface area contributed by atoms with Crippen LogP contribution in [-0.4, -0.2) is 6.67 Å². The highest BCUT2D eigenvalue weighted by molar-refractivity contribution is 5.00. The Hall–Kier alpha value is -0.330. The van der Waals surface area contributed by atoms with Crippen molar-refractivity contribution in [3.05, 3.63) is 11.6 Å². The average molecular weight is 270 g/mol. The van der Waals surface area contributed by atoms with Crippen LogP contribution in [0.3, 0.4) is 0 Å². The second kappa shape index (κ2) is 11.5. The molecule has 0 aliphatic heterocycles. The first-order valence-corrected chi connectivity index (χ1v) is 8.22. The molecular weight excluding hydrogens is 235 g/mol. The summed E-state index contributed by atoms with van der Waals surface area (Å²) in [7, 11) is 0. The minimum absolute atomic E-state index is 0.175. The number of unbranched alkanes of at least 4 members (excludes halogenated alkanes) is 1. The van der Waals surface area contributed by atoms with Crippen LogP contribution in [-0.2, 0) is 0 Å². The van der Waals surface area contributed by atoms with Gasteiger partial charge in [0.1, 0.15) is 0 Å². The fourth-order valence-corrected chi connectivity index (χ4v) is 2.75. The van der Waals surface area contributed by atoms with Crippen molar-refractivity contribution in [1.82, 2.24) is 0 Å². The molecule has 1 heteroatoms. The normalized spacial score (nSPS) is 17.3. The SMILES string of the molecule is CCCCC(C)CC/C(C)=C/C(C)CC(C)CCF. The van der Waals surface area contributed by atoms with E-state index >= 15 is 0 Å². The Morgan fingerprint density at radius 2 is 1.74 bits per heavy atom. The van der Waals surface area contributed by atoms with E-state index in [2.05, 4.69) is 40.7 Å². The van der Waals surface area contributed by atoms with E-state index < -0.39 is 0 Å². The van der Waals surface area contributed by atoms with Crippen LogP contribution >= 0.6 is 0 Å². The van der Waals surface area contributed by atoms with E-state index in [-0.39, 0.29) is 6.67 Å². The smallest absolute Gasteiger partial charge is 0.0897 e. The van der Waals surface area contributed by atoms with Crippen LogP contribution in [0.15, 0.2) is 11.6 Å². The van der Waals surface area contributed by atoms with Crippen LogP contribution in [0.25, 0.3) is 0 Å². The molecule has 3 unspecified atom stereocenters. The third kappa shape index (κ3) is 11.2. The van der Waals surface area contributed by atoms with Crippen molar-refractivity contribution in [2.45, 2.75) is 79.6 Å². The molecule has 0 aliphatic rings. The van der Waals surface area contributed by atoms with Gasteiger partial charge < -0.3 is 0 Å². The molecule has 0 radical (unpaired) electrons. The molecule has 0 bridgehead atoms. The summed E-state index contributed by atoms with van der Waals surface area (Å²) in [6.07, 6.45) is 10.8. The summed E-state index contributed by atoms with van der Waals surface area (Å²) < 4.78 is 12.3. The summed E-state index contributed by atoms with van der Waals surface area (Å²) in [5.41, 5.74) is 1.52. The first-order valence-electron chi connectivity index (χ1n) is 8.22. The van der Waals surface area contributed by atoms with Gasteiger partial charge in [0, 0.05) is 0 Å². The van der Waals surface area contributed by atoms with Gasteiger partial charge in [-0.1, -0.05) is 58.6 Å². The molecule has 0 nitrogen and oxygen atoms in total. The first-order chi connectivity index (χ1) is 8.99. The highest BCUT2D eigenvalue weighted by Gasteiger charge is 2.08. The molecule has 3 atom stereocenters. The van der Waals surface area contributed by atoms with Crippen molar-refractivity contribution in [2.24, 2.45) is 17.8 Å². The predicted octanol–water partition coefficient (Wildman–Crippen LogP) is 6.56. The van der Waals surface area contributed by atoms with Gasteiger partial charge in [-0.2, -0.15) is 0 Å². The minimum atomic E-state index is -0.175. The van der Waals surface area contributed by atoms with Crippen LogP contribution in [0.5, 0.6) is 0 Å². The van der Waals surface area contributed by atoms with Crippen molar-refractivity contribution in [3.8, 4) is 0 Å². The highest BCUT2D eigenvalue weighted by atomic mass is 19.1. The van der Waals surface area contributed by atoms with Gasteiger partial charge in [-0.25, -0.2) is 0 Å². The predicted molar refractivity (Wildman–Crippen MR) is 85.2 cm³/mol. The molecule has 114 valence electrons. The molecule has 0 rings (SSSR count). The second-order valence-electron chi connectivity index (χ2n) is 6.59. The topological polar surface area (TPSA) is 0 Å². The third-order valence-electron chi connectivity index (χ3n) is 4.03. The largest absolute Gasteiger partial charge is 0.251 e. The lowest BCUT2D eigenvalue weighted by molar-refractivity contribution is 0.367. The molecule has 0 saturated carbocycles. The molecule has 0 heterocycles. The van der Waals surface area contributed by atoms with E-state index in [1.165, 1.54) is 37.7 Å². The van der Waals surface area contributed by atoms with Gasteiger partial charge in [-0.15, -0.1) is 0 Å². The van der Waals surface area contributed by atoms with Gasteiger partial charge in [-0.05, 0) is 50.4 Å². The van der Waals surface area contributed by atoms with Crippen molar-refractivity contribution in [2.75, 3.05) is 6.67 Å². The Morgan fingerprint density at radius 3 is 2.32 bits per heavy atom. The maximum atomic E-state index is 12.3. The van der Waals surface area contributed by atoms with Crippen molar-refractivity contribution >= 4 is 0 Å². The average Bonchev–Trinajstić information content (AvgIpc) is 2.33. The van der Waals surface area contributed by atoms with Gasteiger partial charge in [-0.3, -0.25) is 4.39 Å². The van der Waals surface area contributed by atoms with E-state index in [0.717, 1.165) is 12.3 Å². The molecule has 0 aliphatic carbocycles. The first kappa shape index (κ1) is 18.7. The minimum Gasteiger partial charge on any atom is -0.251 e. The molecule has 0 aromatic rings. The summed E-state index contributed by atoms with van der Waals surface area (Å²) in [6, 6.07) is 0. The Balaban J connectivity index is 3.91. The molecule has 0 fully saturated rings. The Labute approximate surface area is 120 Å². The summed E-state index contributed by atoms with van der Waals surface area (Å²) in [5.74, 6) is 1.95. The van der Waals surface area contributed by atoms with Crippen molar-refractivity contribution in [3.63, 3.8) is 0 Å². The molecular formula is C18H35F. The molecule has 0 amide bonds. The van der Waals surface area contributed by atoms with E-state index in [0.29, 0.717) is 18.3 Å². The third-order valence-corrected chi connectivity index (χ3v) is 4.03. The lowest BCUT2D eigenvalue weighted by atomic mass is 9.91. The monoisotopic (exact) mass is 270 g/mol. The van der Waals surface area contributed by atoms with Gasteiger partial charge in [0.2, 0.25) is 0 Å². The lowest BCUT2D eigenvalue weighted by Crippen LogP contribution is -2.03. The van der Waals surface area contributed by atoms with Crippen LogP contribution in [0.4, 0.5) is 4.39 Å². The van der Waals surface area contributed by atoms with Gasteiger partial charge >= 0.3 is 0 Å². The second-order valence-corrected chi connectivity index (χ2v) is 6.59. The van der Waals surface area contributed by atoms with Crippen LogP contribution in [0.1, 0.15) is 79.6 Å². The fraction of sp³-hybridized carbons (Fsp3) is 0.889. The number of hydrogen-bond acceptors (Lipinski definition) is 0. The lowest BCUT2D eigenvalue weighted by Gasteiger charge is -2.15. The number of hydrogen-bond donors (Lipinski definition) is 0. The van der Waals surface area contributed by atoms with Crippen molar-refractivity contribution < 1.29 is 4.39 Å². The standard InChI is InChI=1S/C18H35F/c1-6-7-8-15(2)9-10-16(3)13-18(5)14-17(4)11-12-19/h13,15,17-18H,6-12,14H2,1-5H3/b16-13+. The fourth-order valence-electron chi connectivity index (χ4n) is 2.75. The zero-order valence-corrected chi connectivity index (χ0v) is 13.8. The number of alkyl halides is 1. The summed E-state index contributed by atoms with van der Waals surface area (Å²) >= 11 is 0. The number of allylic oxidation sites excluding steroid dienone is 2. The highest BCUT2D eigenvalue weighted by Crippen LogP contribution is 2.21. The van der Waals surface area contributed by atoms with Crippen LogP contribution in [0.2, 0.25) is 0 Å². The number of rotatable bonds is 11. The summed E-state index contributed by atoms with van der Waals surface area (Å²) in [5, 5.41) is 0. The molecule has 19 heavy (non-hydrogen) atoms. The quantitative estimate of drug-likeness (QED) is 0.373. The molecule has 0 saturated heterocycles. The van der Waals surface area contributed by atoms with E-state index in [4.69, 9.17) is 0 Å². The molecule has 0 aromatic carbocycles. The van der Waals surface area contributed by atoms with Gasteiger partial charge in [0.25, 0.3) is 0 Å². The molecule has 0 N–H and O–H groups in total. The molecule has 0 spiro atoms.